The van der Waals surface area contributed by atoms with Gasteiger partial charge in [-0.1, -0.05) is 44.1 Å². The van der Waals surface area contributed by atoms with E-state index in [2.05, 4.69) is 39.1 Å². The molecule has 3 N–H and O–H groups in total. The fraction of sp³-hybridized carbons (Fsp3) is 0.760. The Kier molecular flexibility index (Phi) is 7.14. The number of aliphatic hydroxyl groups is 2. The van der Waals surface area contributed by atoms with Gasteiger partial charge in [-0.15, -0.1) is 0 Å². The molecule has 0 aromatic rings. The van der Waals surface area contributed by atoms with Crippen LogP contribution < -0.4 is 5.32 Å². The number of methoxy groups -OCH3 is 1. The highest BCUT2D eigenvalue weighted by Crippen LogP contribution is 2.55. The lowest BCUT2D eigenvalue weighted by Gasteiger charge is -2.45. The number of Topliss-reactive ketones (excluding diaryl/α,β-unsaturated/α-hetero) is 1. The fourth-order valence-corrected chi connectivity index (χ4v) is 6.08. The molecule has 0 aromatic carbocycles. The minimum atomic E-state index is -1.22. The largest absolute Gasteiger partial charge is 0.390 e. The van der Waals surface area contributed by atoms with Gasteiger partial charge in [-0.25, -0.2) is 0 Å². The lowest BCUT2D eigenvalue weighted by Crippen LogP contribution is -2.54. The van der Waals surface area contributed by atoms with Crippen LogP contribution in [0.15, 0.2) is 23.3 Å². The Morgan fingerprint density at radius 2 is 1.90 bits per heavy atom. The van der Waals surface area contributed by atoms with E-state index in [4.69, 9.17) is 4.74 Å². The highest BCUT2D eigenvalue weighted by molar-refractivity contribution is 6.09. The molecule has 0 saturated carbocycles. The van der Waals surface area contributed by atoms with Gasteiger partial charge in [0.2, 0.25) is 5.91 Å². The van der Waals surface area contributed by atoms with Crippen LogP contribution in [0.2, 0.25) is 0 Å². The van der Waals surface area contributed by atoms with Crippen LogP contribution in [0.1, 0.15) is 60.3 Å². The molecule has 1 spiro atoms. The predicted molar refractivity (Wildman–Crippen MR) is 119 cm³/mol. The van der Waals surface area contributed by atoms with Gasteiger partial charge in [-0.3, -0.25) is 9.59 Å². The molecule has 1 heterocycles. The van der Waals surface area contributed by atoms with Crippen molar-refractivity contribution >= 4 is 11.7 Å². The first-order valence-electron chi connectivity index (χ1n) is 11.6. The summed E-state index contributed by atoms with van der Waals surface area (Å²) in [6, 6.07) is -0.0760. The van der Waals surface area contributed by atoms with Crippen LogP contribution in [0, 0.1) is 29.1 Å². The first-order valence-corrected chi connectivity index (χ1v) is 11.6. The van der Waals surface area contributed by atoms with Crippen molar-refractivity contribution in [3.63, 3.8) is 0 Å². The minimum Gasteiger partial charge on any atom is -0.390 e. The molecule has 174 valence electrons. The van der Waals surface area contributed by atoms with Crippen LogP contribution in [-0.2, 0) is 14.3 Å². The van der Waals surface area contributed by atoms with Crippen molar-refractivity contribution < 1.29 is 24.5 Å². The lowest BCUT2D eigenvalue weighted by atomic mass is 9.54. The van der Waals surface area contributed by atoms with Crippen LogP contribution >= 0.6 is 0 Å². The van der Waals surface area contributed by atoms with Gasteiger partial charge in [0.25, 0.3) is 0 Å². The first-order chi connectivity index (χ1) is 14.5. The van der Waals surface area contributed by atoms with Crippen molar-refractivity contribution in [2.24, 2.45) is 29.1 Å². The lowest BCUT2D eigenvalue weighted by molar-refractivity contribution is -0.149. The number of nitrogens with one attached hydrogen (secondary N) is 1. The maximum absolute atomic E-state index is 14.0. The molecule has 1 fully saturated rings. The van der Waals surface area contributed by atoms with Gasteiger partial charge in [0.15, 0.2) is 5.78 Å². The van der Waals surface area contributed by atoms with Crippen molar-refractivity contribution in [3.05, 3.63) is 23.3 Å². The third-order valence-corrected chi connectivity index (χ3v) is 7.83. The zero-order valence-corrected chi connectivity index (χ0v) is 19.7. The predicted octanol–water partition coefficient (Wildman–Crippen LogP) is 2.78. The molecule has 6 heteroatoms. The summed E-state index contributed by atoms with van der Waals surface area (Å²) in [5.41, 5.74) is 0.994. The number of aliphatic hydroxyl groups excluding tert-OH is 2. The maximum Gasteiger partial charge on any atom is 0.235 e. The second-order valence-corrected chi connectivity index (χ2v) is 10.3. The second kappa shape index (κ2) is 9.16. The average molecular weight is 434 g/mol. The van der Waals surface area contributed by atoms with Gasteiger partial charge in [0.05, 0.1) is 12.2 Å². The van der Waals surface area contributed by atoms with Gasteiger partial charge in [-0.2, -0.15) is 0 Å². The molecule has 31 heavy (non-hydrogen) atoms. The van der Waals surface area contributed by atoms with Gasteiger partial charge >= 0.3 is 0 Å². The van der Waals surface area contributed by atoms with Gasteiger partial charge < -0.3 is 20.3 Å². The van der Waals surface area contributed by atoms with Gasteiger partial charge in [0.1, 0.15) is 11.5 Å². The first kappa shape index (κ1) is 24.1. The Labute approximate surface area is 186 Å². The van der Waals surface area contributed by atoms with E-state index < -0.39 is 23.7 Å². The Balaban J connectivity index is 2.19. The van der Waals surface area contributed by atoms with Crippen molar-refractivity contribution in [1.29, 1.82) is 0 Å². The molecule has 0 unspecified atom stereocenters. The van der Waals surface area contributed by atoms with Crippen molar-refractivity contribution in [1.82, 2.24) is 5.32 Å². The molecule has 0 bridgehead atoms. The third-order valence-electron chi connectivity index (χ3n) is 7.83. The van der Waals surface area contributed by atoms with Crippen molar-refractivity contribution in [2.45, 2.75) is 84.7 Å². The highest BCUT2D eigenvalue weighted by Gasteiger charge is 2.65. The summed E-state index contributed by atoms with van der Waals surface area (Å²) in [5, 5.41) is 24.3. The van der Waals surface area contributed by atoms with Crippen LogP contribution in [0.5, 0.6) is 0 Å². The number of rotatable bonds is 3. The second-order valence-electron chi connectivity index (χ2n) is 10.3. The smallest absolute Gasteiger partial charge is 0.235 e. The van der Waals surface area contributed by atoms with E-state index in [1.807, 2.05) is 13.0 Å². The van der Waals surface area contributed by atoms with E-state index >= 15 is 0 Å². The van der Waals surface area contributed by atoms with E-state index in [1.54, 1.807) is 0 Å². The summed E-state index contributed by atoms with van der Waals surface area (Å²) in [6.07, 6.45) is 2.79. The number of hydrogen-bond donors (Lipinski definition) is 3. The number of ketones is 1. The topological polar surface area (TPSA) is 95.9 Å². The van der Waals surface area contributed by atoms with E-state index in [9.17, 15) is 19.8 Å². The number of ether oxygens (including phenoxy) is 1. The van der Waals surface area contributed by atoms with Crippen LogP contribution in [-0.4, -0.2) is 53.4 Å². The molecule has 0 aromatic heterocycles. The summed E-state index contributed by atoms with van der Waals surface area (Å²) in [7, 11) is 1.44. The minimum absolute atomic E-state index is 0.0760. The monoisotopic (exact) mass is 433 g/mol. The molecular formula is C25H39NO5. The number of carbonyl (C=O) groups excluding carboxylic acids is 2. The zero-order chi connectivity index (χ0) is 23.1. The average Bonchev–Trinajstić information content (AvgIpc) is 2.98. The standard InChI is InChI=1S/C25H39NO5/c1-13(2)9-18-22-16(5)15(4)11-17-10-14(3)7-8-19(27)23(29)20(31-6)12-21(28)25(17,22)24(30)26-18/h10-11,13,16-20,22-23,27,29H,7-9,12H2,1-6H3,(H,26,30)/b14-10-/t16-,17-,18-,19-,20+,22+,23-,25+/m0/s1. The maximum atomic E-state index is 14.0. The molecule has 1 saturated heterocycles. The van der Waals surface area contributed by atoms with Crippen LogP contribution in [0.3, 0.4) is 0 Å². The van der Waals surface area contributed by atoms with E-state index in [1.165, 1.54) is 12.7 Å². The Hall–Kier alpha value is -1.50. The summed E-state index contributed by atoms with van der Waals surface area (Å²) in [6.45, 7) is 10.4. The molecule has 1 amide bonds. The van der Waals surface area contributed by atoms with E-state index in [0.29, 0.717) is 18.8 Å². The van der Waals surface area contributed by atoms with Crippen molar-refractivity contribution in [2.75, 3.05) is 7.11 Å². The van der Waals surface area contributed by atoms with Gasteiger partial charge in [0, 0.05) is 31.4 Å². The molecule has 8 atom stereocenters. The summed E-state index contributed by atoms with van der Waals surface area (Å²) < 4.78 is 5.45. The van der Waals surface area contributed by atoms with E-state index in [0.717, 1.165) is 12.0 Å². The van der Waals surface area contributed by atoms with Crippen molar-refractivity contribution in [3.8, 4) is 0 Å². The molecule has 0 radical (unpaired) electrons. The molecule has 1 aliphatic heterocycles. The number of amides is 1. The normalized spacial score (nSPS) is 43.3. The van der Waals surface area contributed by atoms with Crippen LogP contribution in [0.4, 0.5) is 0 Å². The number of carbonyl (C=O) groups is 2. The number of allylic oxidation sites excluding steroid dienone is 4. The summed E-state index contributed by atoms with van der Waals surface area (Å²) in [4.78, 5) is 27.7. The number of hydrogen-bond acceptors (Lipinski definition) is 5. The third kappa shape index (κ3) is 4.14. The molecule has 6 nitrogen and oxygen atoms in total. The zero-order valence-electron chi connectivity index (χ0n) is 19.7. The molecular weight excluding hydrogens is 394 g/mol. The molecule has 3 aliphatic rings. The Morgan fingerprint density at radius 3 is 2.52 bits per heavy atom. The Bertz CT molecular complexity index is 772. The molecule has 3 rings (SSSR count). The molecule has 2 aliphatic carbocycles. The summed E-state index contributed by atoms with van der Waals surface area (Å²) >= 11 is 0. The summed E-state index contributed by atoms with van der Waals surface area (Å²) in [5.74, 6) is -0.445. The fourth-order valence-electron chi connectivity index (χ4n) is 6.08. The van der Waals surface area contributed by atoms with Gasteiger partial charge in [-0.05, 0) is 44.9 Å². The SMILES string of the molecule is CO[C@@H]1CC(=O)[C@@]23C(=O)N[C@@H](CC(C)C)[C@H]2[C@@H](C)C(C)=C[C@@H]3/C=C(/C)CC[C@H](O)[C@@H]1O. The highest BCUT2D eigenvalue weighted by atomic mass is 16.5. The quantitative estimate of drug-likeness (QED) is 0.470. The Morgan fingerprint density at radius 1 is 1.23 bits per heavy atom. The van der Waals surface area contributed by atoms with E-state index in [-0.39, 0.29) is 41.9 Å². The van der Waals surface area contributed by atoms with Crippen LogP contribution in [0.25, 0.3) is 0 Å².